The number of aliphatic hydroxyl groups is 1. The van der Waals surface area contributed by atoms with E-state index in [1.807, 2.05) is 19.1 Å². The monoisotopic (exact) mass is 225 g/mol. The van der Waals surface area contributed by atoms with Gasteiger partial charge < -0.3 is 14.4 Å². The van der Waals surface area contributed by atoms with Crippen molar-refractivity contribution in [2.45, 2.75) is 32.7 Å². The van der Waals surface area contributed by atoms with E-state index in [1.165, 1.54) is 0 Å². The fraction of sp³-hybridized carbons (Fsp3) is 0.583. The van der Waals surface area contributed by atoms with E-state index in [0.29, 0.717) is 25.9 Å². The van der Waals surface area contributed by atoms with Gasteiger partial charge in [0.15, 0.2) is 0 Å². The van der Waals surface area contributed by atoms with Crippen molar-refractivity contribution in [3.05, 3.63) is 24.2 Å². The molecule has 0 aromatic carbocycles. The van der Waals surface area contributed by atoms with Gasteiger partial charge in [-0.25, -0.2) is 0 Å². The summed E-state index contributed by atoms with van der Waals surface area (Å²) in [6.45, 7) is 3.31. The molecule has 16 heavy (non-hydrogen) atoms. The number of rotatable bonds is 7. The number of hydrogen-bond donors (Lipinski definition) is 1. The van der Waals surface area contributed by atoms with Crippen molar-refractivity contribution < 1.29 is 14.3 Å². The Balaban J connectivity index is 2.38. The van der Waals surface area contributed by atoms with Crippen LogP contribution in [-0.2, 0) is 11.3 Å². The molecule has 0 aliphatic heterocycles. The van der Waals surface area contributed by atoms with E-state index in [4.69, 9.17) is 9.52 Å². The molecule has 0 saturated carbocycles. The summed E-state index contributed by atoms with van der Waals surface area (Å²) < 4.78 is 5.21. The molecule has 1 N–H and O–H groups in total. The molecule has 4 nitrogen and oxygen atoms in total. The summed E-state index contributed by atoms with van der Waals surface area (Å²) in [5.41, 5.74) is 0. The van der Waals surface area contributed by atoms with Crippen molar-refractivity contribution in [3.63, 3.8) is 0 Å². The maximum absolute atomic E-state index is 11.8. The van der Waals surface area contributed by atoms with Gasteiger partial charge in [0.25, 0.3) is 0 Å². The van der Waals surface area contributed by atoms with Crippen molar-refractivity contribution in [2.75, 3.05) is 13.2 Å². The van der Waals surface area contributed by atoms with E-state index in [0.717, 1.165) is 12.2 Å². The first-order chi connectivity index (χ1) is 7.77. The zero-order valence-corrected chi connectivity index (χ0v) is 9.69. The van der Waals surface area contributed by atoms with Gasteiger partial charge in [0, 0.05) is 19.6 Å². The molecule has 1 heterocycles. The Kier molecular flexibility index (Phi) is 5.64. The molecule has 1 rings (SSSR count). The van der Waals surface area contributed by atoms with Gasteiger partial charge in [-0.2, -0.15) is 0 Å². The molecule has 0 aliphatic carbocycles. The summed E-state index contributed by atoms with van der Waals surface area (Å²) in [4.78, 5) is 13.5. The molecular formula is C12H19NO3. The van der Waals surface area contributed by atoms with Gasteiger partial charge in [-0.1, -0.05) is 0 Å². The Bertz CT molecular complexity index is 295. The van der Waals surface area contributed by atoms with E-state index in [1.54, 1.807) is 11.2 Å². The van der Waals surface area contributed by atoms with Gasteiger partial charge in [-0.3, -0.25) is 4.79 Å². The van der Waals surface area contributed by atoms with Gasteiger partial charge >= 0.3 is 0 Å². The van der Waals surface area contributed by atoms with E-state index in [9.17, 15) is 4.79 Å². The van der Waals surface area contributed by atoms with Gasteiger partial charge in [0.05, 0.1) is 12.8 Å². The van der Waals surface area contributed by atoms with Crippen LogP contribution in [0.2, 0.25) is 0 Å². The third kappa shape index (κ3) is 4.06. The second-order valence-electron chi connectivity index (χ2n) is 3.67. The first kappa shape index (κ1) is 12.8. The standard InChI is InChI=1S/C12H19NO3/c1-2-13(10-11-6-5-9-16-11)12(15)7-3-4-8-14/h5-6,9,14H,2-4,7-8,10H2,1H3. The lowest BCUT2D eigenvalue weighted by Crippen LogP contribution is -2.29. The van der Waals surface area contributed by atoms with E-state index < -0.39 is 0 Å². The van der Waals surface area contributed by atoms with Crippen LogP contribution >= 0.6 is 0 Å². The molecule has 0 bridgehead atoms. The number of aliphatic hydroxyl groups excluding tert-OH is 1. The number of furan rings is 1. The lowest BCUT2D eigenvalue weighted by molar-refractivity contribution is -0.132. The number of nitrogens with zero attached hydrogens (tertiary/aromatic N) is 1. The third-order valence-corrected chi connectivity index (χ3v) is 2.46. The second kappa shape index (κ2) is 7.06. The normalized spacial score (nSPS) is 10.4. The van der Waals surface area contributed by atoms with Crippen LogP contribution in [0.15, 0.2) is 22.8 Å². The maximum Gasteiger partial charge on any atom is 0.222 e. The highest BCUT2D eigenvalue weighted by Gasteiger charge is 2.12. The Morgan fingerprint density at radius 3 is 2.88 bits per heavy atom. The molecule has 0 atom stereocenters. The molecule has 90 valence electrons. The Labute approximate surface area is 95.9 Å². The van der Waals surface area contributed by atoms with E-state index >= 15 is 0 Å². The topological polar surface area (TPSA) is 53.7 Å². The van der Waals surface area contributed by atoms with Crippen LogP contribution < -0.4 is 0 Å². The summed E-state index contributed by atoms with van der Waals surface area (Å²) in [7, 11) is 0. The average Bonchev–Trinajstić information content (AvgIpc) is 2.78. The molecule has 0 unspecified atom stereocenters. The summed E-state index contributed by atoms with van der Waals surface area (Å²) in [6.07, 6.45) is 3.53. The van der Waals surface area contributed by atoms with Crippen molar-refractivity contribution in [2.24, 2.45) is 0 Å². The summed E-state index contributed by atoms with van der Waals surface area (Å²) >= 11 is 0. The highest BCUT2D eigenvalue weighted by Crippen LogP contribution is 2.08. The third-order valence-electron chi connectivity index (χ3n) is 2.46. The first-order valence-electron chi connectivity index (χ1n) is 5.69. The van der Waals surface area contributed by atoms with Crippen LogP contribution in [0.3, 0.4) is 0 Å². The zero-order chi connectivity index (χ0) is 11.8. The van der Waals surface area contributed by atoms with Gasteiger partial charge in [0.2, 0.25) is 5.91 Å². The molecule has 0 spiro atoms. The molecule has 1 aromatic rings. The van der Waals surface area contributed by atoms with Crippen LogP contribution in [0, 0.1) is 0 Å². The minimum absolute atomic E-state index is 0.118. The molecule has 1 amide bonds. The Morgan fingerprint density at radius 1 is 1.50 bits per heavy atom. The maximum atomic E-state index is 11.8. The number of unbranched alkanes of at least 4 members (excludes halogenated alkanes) is 1. The van der Waals surface area contributed by atoms with Crippen LogP contribution in [0.4, 0.5) is 0 Å². The number of amides is 1. The Morgan fingerprint density at radius 2 is 2.31 bits per heavy atom. The predicted molar refractivity (Wildman–Crippen MR) is 60.7 cm³/mol. The number of carbonyl (C=O) groups excluding carboxylic acids is 1. The lowest BCUT2D eigenvalue weighted by Gasteiger charge is -2.19. The van der Waals surface area contributed by atoms with Gasteiger partial charge in [-0.15, -0.1) is 0 Å². The van der Waals surface area contributed by atoms with Gasteiger partial charge in [-0.05, 0) is 31.9 Å². The van der Waals surface area contributed by atoms with Crippen LogP contribution in [-0.4, -0.2) is 29.1 Å². The minimum Gasteiger partial charge on any atom is -0.467 e. The molecule has 4 heteroatoms. The average molecular weight is 225 g/mol. The predicted octanol–water partition coefficient (Wildman–Crippen LogP) is 1.79. The largest absolute Gasteiger partial charge is 0.467 e. The highest BCUT2D eigenvalue weighted by atomic mass is 16.3. The summed E-state index contributed by atoms with van der Waals surface area (Å²) in [5, 5.41) is 8.64. The van der Waals surface area contributed by atoms with Crippen molar-refractivity contribution in [1.29, 1.82) is 0 Å². The minimum atomic E-state index is 0.118. The smallest absolute Gasteiger partial charge is 0.222 e. The van der Waals surface area contributed by atoms with Crippen molar-refractivity contribution in [1.82, 2.24) is 4.90 Å². The quantitative estimate of drug-likeness (QED) is 0.720. The van der Waals surface area contributed by atoms with E-state index in [-0.39, 0.29) is 12.5 Å². The molecule has 0 aliphatic rings. The fourth-order valence-electron chi connectivity index (χ4n) is 1.51. The summed E-state index contributed by atoms with van der Waals surface area (Å²) in [6, 6.07) is 3.68. The highest BCUT2D eigenvalue weighted by molar-refractivity contribution is 5.76. The van der Waals surface area contributed by atoms with Crippen LogP contribution in [0.5, 0.6) is 0 Å². The second-order valence-corrected chi connectivity index (χ2v) is 3.67. The van der Waals surface area contributed by atoms with Gasteiger partial charge in [0.1, 0.15) is 5.76 Å². The van der Waals surface area contributed by atoms with Crippen LogP contribution in [0.1, 0.15) is 31.9 Å². The van der Waals surface area contributed by atoms with Crippen molar-refractivity contribution >= 4 is 5.91 Å². The fourth-order valence-corrected chi connectivity index (χ4v) is 1.51. The summed E-state index contributed by atoms with van der Waals surface area (Å²) in [5.74, 6) is 0.921. The Hall–Kier alpha value is -1.29. The van der Waals surface area contributed by atoms with E-state index in [2.05, 4.69) is 0 Å². The first-order valence-corrected chi connectivity index (χ1v) is 5.69. The molecule has 0 radical (unpaired) electrons. The molecule has 0 saturated heterocycles. The van der Waals surface area contributed by atoms with Crippen molar-refractivity contribution in [3.8, 4) is 0 Å². The number of carbonyl (C=O) groups is 1. The number of hydrogen-bond acceptors (Lipinski definition) is 3. The zero-order valence-electron chi connectivity index (χ0n) is 9.69. The van der Waals surface area contributed by atoms with Crippen LogP contribution in [0.25, 0.3) is 0 Å². The molecule has 0 fully saturated rings. The SMILES string of the molecule is CCN(Cc1ccco1)C(=O)CCCCO. The molecular weight excluding hydrogens is 206 g/mol. The lowest BCUT2D eigenvalue weighted by atomic mass is 10.2. The molecule has 1 aromatic heterocycles.